The Hall–Kier alpha value is -1.46. The summed E-state index contributed by atoms with van der Waals surface area (Å²) in [6.45, 7) is 1.27. The van der Waals surface area contributed by atoms with E-state index in [-0.39, 0.29) is 17.8 Å². The topological polar surface area (TPSA) is 46.3 Å². The maximum Gasteiger partial charge on any atom is 0.264 e. The Bertz CT molecular complexity index is 640. The molecule has 3 rings (SSSR count). The molecule has 1 amide bonds. The molecule has 5 heteroatoms. The van der Waals surface area contributed by atoms with Gasteiger partial charge in [0, 0.05) is 23.8 Å². The predicted octanol–water partition coefficient (Wildman–Crippen LogP) is 2.99. The van der Waals surface area contributed by atoms with Gasteiger partial charge in [-0.1, -0.05) is 0 Å². The van der Waals surface area contributed by atoms with E-state index in [1.54, 1.807) is 12.1 Å². The number of hydrogen-bond donors (Lipinski definition) is 1. The highest BCUT2D eigenvalue weighted by Gasteiger charge is 2.27. The number of hydrogen-bond acceptors (Lipinski definition) is 3. The number of nitrogens with zero attached hydrogens (tertiary/aromatic N) is 1. The summed E-state index contributed by atoms with van der Waals surface area (Å²) in [7, 11) is 0. The molecule has 2 heterocycles. The van der Waals surface area contributed by atoms with Crippen molar-refractivity contribution in [1.82, 2.24) is 4.90 Å². The lowest BCUT2D eigenvalue weighted by Crippen LogP contribution is -2.47. The summed E-state index contributed by atoms with van der Waals surface area (Å²) >= 11 is 1.42. The SMILES string of the molecule is NCC1CCCCN1C(=O)c1cc2cc(F)ccc2s1. The van der Waals surface area contributed by atoms with E-state index in [9.17, 15) is 9.18 Å². The van der Waals surface area contributed by atoms with Gasteiger partial charge in [-0.15, -0.1) is 11.3 Å². The van der Waals surface area contributed by atoms with Crippen molar-refractivity contribution < 1.29 is 9.18 Å². The van der Waals surface area contributed by atoms with Crippen LogP contribution in [-0.2, 0) is 0 Å². The Morgan fingerprint density at radius 3 is 3.05 bits per heavy atom. The minimum absolute atomic E-state index is 0.0294. The van der Waals surface area contributed by atoms with E-state index < -0.39 is 0 Å². The highest BCUT2D eigenvalue weighted by molar-refractivity contribution is 7.20. The van der Waals surface area contributed by atoms with Gasteiger partial charge in [-0.25, -0.2) is 4.39 Å². The summed E-state index contributed by atoms with van der Waals surface area (Å²) in [5, 5.41) is 0.791. The van der Waals surface area contributed by atoms with E-state index in [0.717, 1.165) is 35.9 Å². The number of piperidine rings is 1. The Kier molecular flexibility index (Phi) is 3.72. The maximum absolute atomic E-state index is 13.2. The first kappa shape index (κ1) is 13.5. The Morgan fingerprint density at radius 1 is 1.40 bits per heavy atom. The molecule has 1 aliphatic rings. The number of rotatable bonds is 2. The molecule has 0 bridgehead atoms. The Labute approximate surface area is 121 Å². The molecule has 1 atom stereocenters. The van der Waals surface area contributed by atoms with Crippen molar-refractivity contribution in [2.75, 3.05) is 13.1 Å². The maximum atomic E-state index is 13.2. The first-order valence-electron chi connectivity index (χ1n) is 6.89. The molecule has 20 heavy (non-hydrogen) atoms. The van der Waals surface area contributed by atoms with Gasteiger partial charge >= 0.3 is 0 Å². The first-order chi connectivity index (χ1) is 9.69. The number of benzene rings is 1. The molecule has 1 unspecified atom stereocenters. The number of halogens is 1. The van der Waals surface area contributed by atoms with Crippen LogP contribution in [0.25, 0.3) is 10.1 Å². The van der Waals surface area contributed by atoms with Crippen LogP contribution in [0.2, 0.25) is 0 Å². The molecule has 2 aromatic rings. The van der Waals surface area contributed by atoms with Gasteiger partial charge in [0.25, 0.3) is 5.91 Å². The highest BCUT2D eigenvalue weighted by Crippen LogP contribution is 2.29. The first-order valence-corrected chi connectivity index (χ1v) is 7.71. The molecule has 0 saturated carbocycles. The normalized spacial score (nSPS) is 19.5. The van der Waals surface area contributed by atoms with Crippen LogP contribution in [0.15, 0.2) is 24.3 Å². The summed E-state index contributed by atoms with van der Waals surface area (Å²) in [4.78, 5) is 15.2. The van der Waals surface area contributed by atoms with Crippen molar-refractivity contribution in [2.24, 2.45) is 5.73 Å². The van der Waals surface area contributed by atoms with Crippen LogP contribution in [0.3, 0.4) is 0 Å². The number of thiophene rings is 1. The van der Waals surface area contributed by atoms with E-state index >= 15 is 0 Å². The number of likely N-dealkylation sites (tertiary alicyclic amines) is 1. The van der Waals surface area contributed by atoms with Crippen molar-refractivity contribution in [3.05, 3.63) is 35.0 Å². The van der Waals surface area contributed by atoms with E-state index in [1.807, 2.05) is 4.90 Å². The lowest BCUT2D eigenvalue weighted by atomic mass is 10.0. The summed E-state index contributed by atoms with van der Waals surface area (Å²) < 4.78 is 14.2. The van der Waals surface area contributed by atoms with Crippen LogP contribution in [0.5, 0.6) is 0 Å². The zero-order valence-electron chi connectivity index (χ0n) is 11.1. The van der Waals surface area contributed by atoms with Gasteiger partial charge in [-0.3, -0.25) is 4.79 Å². The van der Waals surface area contributed by atoms with E-state index in [1.165, 1.54) is 23.5 Å². The van der Waals surface area contributed by atoms with Gasteiger partial charge in [0.2, 0.25) is 0 Å². The molecular weight excluding hydrogens is 275 g/mol. The average molecular weight is 292 g/mol. The molecule has 0 radical (unpaired) electrons. The largest absolute Gasteiger partial charge is 0.334 e. The van der Waals surface area contributed by atoms with Gasteiger partial charge in [-0.05, 0) is 48.9 Å². The van der Waals surface area contributed by atoms with Gasteiger partial charge in [0.1, 0.15) is 5.82 Å². The summed E-state index contributed by atoms with van der Waals surface area (Å²) in [5.41, 5.74) is 5.76. The molecular formula is C15H17FN2OS. The number of carbonyl (C=O) groups excluding carboxylic acids is 1. The van der Waals surface area contributed by atoms with E-state index in [0.29, 0.717) is 11.4 Å². The van der Waals surface area contributed by atoms with Gasteiger partial charge in [-0.2, -0.15) is 0 Å². The molecule has 1 aromatic carbocycles. The highest BCUT2D eigenvalue weighted by atomic mass is 32.1. The second-order valence-electron chi connectivity index (χ2n) is 5.18. The minimum atomic E-state index is -0.271. The summed E-state index contributed by atoms with van der Waals surface area (Å²) in [5.74, 6) is -0.242. The van der Waals surface area contributed by atoms with Gasteiger partial charge in [0.05, 0.1) is 4.88 Å². The smallest absolute Gasteiger partial charge is 0.264 e. The van der Waals surface area contributed by atoms with Crippen LogP contribution in [0.4, 0.5) is 4.39 Å². The standard InChI is InChI=1S/C15H17FN2OS/c16-11-4-5-13-10(7-11)8-14(20-13)15(19)18-6-2-1-3-12(18)9-17/h4-5,7-8,12H,1-3,6,9,17H2. The Balaban J connectivity index is 1.91. The van der Waals surface area contributed by atoms with Gasteiger partial charge in [0.15, 0.2) is 0 Å². The molecule has 3 nitrogen and oxygen atoms in total. The minimum Gasteiger partial charge on any atom is -0.334 e. The summed E-state index contributed by atoms with van der Waals surface area (Å²) in [6.07, 6.45) is 3.13. The number of nitrogens with two attached hydrogens (primary N) is 1. The third-order valence-electron chi connectivity index (χ3n) is 3.85. The quantitative estimate of drug-likeness (QED) is 0.925. The molecule has 1 saturated heterocycles. The average Bonchev–Trinajstić information content (AvgIpc) is 2.89. The molecule has 1 aromatic heterocycles. The van der Waals surface area contributed by atoms with Gasteiger partial charge < -0.3 is 10.6 Å². The second kappa shape index (κ2) is 5.50. The van der Waals surface area contributed by atoms with Crippen LogP contribution in [0.1, 0.15) is 28.9 Å². The molecule has 2 N–H and O–H groups in total. The van der Waals surface area contributed by atoms with Crippen LogP contribution < -0.4 is 5.73 Å². The van der Waals surface area contributed by atoms with Crippen LogP contribution in [-0.4, -0.2) is 29.9 Å². The number of amides is 1. The number of carbonyl (C=O) groups is 1. The van der Waals surface area contributed by atoms with E-state index in [4.69, 9.17) is 5.73 Å². The zero-order chi connectivity index (χ0) is 14.1. The lowest BCUT2D eigenvalue weighted by molar-refractivity contribution is 0.0628. The molecule has 0 aliphatic carbocycles. The zero-order valence-corrected chi connectivity index (χ0v) is 12.0. The molecule has 1 aliphatic heterocycles. The van der Waals surface area contributed by atoms with Crippen LogP contribution in [0, 0.1) is 5.82 Å². The molecule has 0 spiro atoms. The second-order valence-corrected chi connectivity index (χ2v) is 6.26. The fraction of sp³-hybridized carbons (Fsp3) is 0.400. The lowest BCUT2D eigenvalue weighted by Gasteiger charge is -2.34. The van der Waals surface area contributed by atoms with Crippen molar-refractivity contribution in [1.29, 1.82) is 0 Å². The third-order valence-corrected chi connectivity index (χ3v) is 4.95. The van der Waals surface area contributed by atoms with Crippen molar-refractivity contribution >= 4 is 27.3 Å². The van der Waals surface area contributed by atoms with Crippen molar-refractivity contribution in [2.45, 2.75) is 25.3 Å². The predicted molar refractivity (Wildman–Crippen MR) is 79.5 cm³/mol. The molecule has 1 fully saturated rings. The monoisotopic (exact) mass is 292 g/mol. The fourth-order valence-corrected chi connectivity index (χ4v) is 3.77. The van der Waals surface area contributed by atoms with Crippen LogP contribution >= 0.6 is 11.3 Å². The van der Waals surface area contributed by atoms with E-state index in [2.05, 4.69) is 0 Å². The third kappa shape index (κ3) is 2.43. The Morgan fingerprint density at radius 2 is 2.25 bits per heavy atom. The molecule has 106 valence electrons. The fourth-order valence-electron chi connectivity index (χ4n) is 2.77. The van der Waals surface area contributed by atoms with Crippen molar-refractivity contribution in [3.8, 4) is 0 Å². The number of fused-ring (bicyclic) bond motifs is 1. The summed E-state index contributed by atoms with van der Waals surface area (Å²) in [6, 6.07) is 6.55. The van der Waals surface area contributed by atoms with Crippen molar-refractivity contribution in [3.63, 3.8) is 0 Å².